The maximum Gasteiger partial charge on any atom is 0.0541 e. The van der Waals surface area contributed by atoms with Gasteiger partial charge in [-0.05, 0) is 90.9 Å². The minimum Gasteiger partial charge on any atom is -0.309 e. The van der Waals surface area contributed by atoms with Gasteiger partial charge in [0.25, 0.3) is 0 Å². The zero-order valence-electron chi connectivity index (χ0n) is 31.9. The topological polar surface area (TPSA) is 4.93 Å². The minimum atomic E-state index is 1.10. The standard InChI is InChI=1S/C27H23N.C13H10.4C2H6/c1-18-12-14-26-23(16-18)24-17-19(2)13-15-27(24)28(26)25-11-7-6-10-22(25)21-9-5-4-8-20(21)3;1-3-7-12-10(5-1)9-11-6-2-4-8-13(11)12;4*1-2/h4-17H,1-3H3;1-8H,9H2;4*1-2H3. The van der Waals surface area contributed by atoms with Crippen LogP contribution in [0.2, 0.25) is 0 Å². The maximum atomic E-state index is 2.42. The summed E-state index contributed by atoms with van der Waals surface area (Å²) in [7, 11) is 0. The Hall–Kier alpha value is -4.88. The first kappa shape index (κ1) is 38.6. The molecule has 0 atom stereocenters. The molecule has 49 heavy (non-hydrogen) atoms. The fraction of sp³-hybridized carbons (Fsp3) is 0.250. The van der Waals surface area contributed by atoms with Crippen molar-refractivity contribution in [1.82, 2.24) is 4.57 Å². The van der Waals surface area contributed by atoms with Gasteiger partial charge in [0.05, 0.1) is 16.7 Å². The van der Waals surface area contributed by atoms with Crippen LogP contribution in [0.4, 0.5) is 0 Å². The van der Waals surface area contributed by atoms with Gasteiger partial charge in [-0.3, -0.25) is 0 Å². The van der Waals surface area contributed by atoms with Gasteiger partial charge < -0.3 is 4.57 Å². The van der Waals surface area contributed by atoms with E-state index in [0.717, 1.165) is 6.42 Å². The van der Waals surface area contributed by atoms with Gasteiger partial charge in [-0.1, -0.05) is 170 Å². The third kappa shape index (κ3) is 8.41. The lowest BCUT2D eigenvalue weighted by Gasteiger charge is -2.15. The van der Waals surface area contributed by atoms with Gasteiger partial charge in [-0.25, -0.2) is 0 Å². The number of nitrogens with zero attached hydrogens (tertiary/aromatic N) is 1. The summed E-state index contributed by atoms with van der Waals surface area (Å²) in [6, 6.07) is 48.2. The Balaban J connectivity index is 0.000000258. The Bertz CT molecular complexity index is 1950. The zero-order chi connectivity index (χ0) is 35.9. The first-order valence-electron chi connectivity index (χ1n) is 18.4. The van der Waals surface area contributed by atoms with Crippen LogP contribution < -0.4 is 0 Å². The number of rotatable bonds is 2. The molecule has 0 saturated carbocycles. The molecule has 1 aromatic heterocycles. The predicted octanol–water partition coefficient (Wildman–Crippen LogP) is 14.7. The Morgan fingerprint density at radius 2 is 0.776 bits per heavy atom. The lowest BCUT2D eigenvalue weighted by atomic mass is 9.99. The highest BCUT2D eigenvalue weighted by Gasteiger charge is 2.17. The van der Waals surface area contributed by atoms with Gasteiger partial charge in [0, 0.05) is 16.3 Å². The first-order chi connectivity index (χ1) is 24.1. The third-order valence-electron chi connectivity index (χ3n) is 8.36. The van der Waals surface area contributed by atoms with Crippen molar-refractivity contribution >= 4 is 21.8 Å². The van der Waals surface area contributed by atoms with Crippen molar-refractivity contribution in [2.45, 2.75) is 82.6 Å². The van der Waals surface area contributed by atoms with E-state index >= 15 is 0 Å². The summed E-state index contributed by atoms with van der Waals surface area (Å²) in [5, 5.41) is 2.64. The number of hydrogen-bond donors (Lipinski definition) is 0. The van der Waals surface area contributed by atoms with Crippen molar-refractivity contribution < 1.29 is 0 Å². The minimum absolute atomic E-state index is 1.10. The summed E-state index contributed by atoms with van der Waals surface area (Å²) in [4.78, 5) is 0. The molecular weight excluding hydrogens is 591 g/mol. The van der Waals surface area contributed by atoms with Gasteiger partial charge in [-0.2, -0.15) is 0 Å². The summed E-state index contributed by atoms with van der Waals surface area (Å²) in [5.41, 5.74) is 15.9. The molecule has 8 rings (SSSR count). The summed E-state index contributed by atoms with van der Waals surface area (Å²) in [6.45, 7) is 22.5. The summed E-state index contributed by atoms with van der Waals surface area (Å²) in [6.07, 6.45) is 1.10. The number of aromatic nitrogens is 1. The highest BCUT2D eigenvalue weighted by Crippen LogP contribution is 2.38. The lowest BCUT2D eigenvalue weighted by molar-refractivity contribution is 1.18. The van der Waals surface area contributed by atoms with Gasteiger partial charge in [0.1, 0.15) is 0 Å². The molecule has 0 fully saturated rings. The number of para-hydroxylation sites is 1. The van der Waals surface area contributed by atoms with Gasteiger partial charge in [0.15, 0.2) is 0 Å². The fourth-order valence-electron chi connectivity index (χ4n) is 6.36. The van der Waals surface area contributed by atoms with Gasteiger partial charge >= 0.3 is 0 Å². The average Bonchev–Trinajstić information content (AvgIpc) is 3.70. The van der Waals surface area contributed by atoms with Gasteiger partial charge in [0.2, 0.25) is 0 Å². The number of benzene rings is 6. The molecule has 0 N–H and O–H groups in total. The summed E-state index contributed by atoms with van der Waals surface area (Å²) >= 11 is 0. The SMILES string of the molecule is CC.CC.CC.CC.Cc1ccc2c(c1)c1cc(C)ccc1n2-c1ccccc1-c1ccccc1C.c1ccc2c(c1)Cc1ccccc1-2. The molecule has 0 bridgehead atoms. The van der Waals surface area contributed by atoms with Crippen molar-refractivity contribution in [3.63, 3.8) is 0 Å². The molecule has 1 aliphatic rings. The van der Waals surface area contributed by atoms with Crippen molar-refractivity contribution in [3.8, 4) is 27.9 Å². The summed E-state index contributed by atoms with van der Waals surface area (Å²) in [5.74, 6) is 0. The van der Waals surface area contributed by atoms with Crippen molar-refractivity contribution in [2.24, 2.45) is 0 Å². The molecule has 0 saturated heterocycles. The Kier molecular flexibility index (Phi) is 15.1. The second kappa shape index (κ2) is 19.2. The Morgan fingerprint density at radius 3 is 1.24 bits per heavy atom. The molecule has 7 aromatic rings. The van der Waals surface area contributed by atoms with Crippen LogP contribution >= 0.6 is 0 Å². The smallest absolute Gasteiger partial charge is 0.0541 e. The first-order valence-corrected chi connectivity index (χ1v) is 18.4. The summed E-state index contributed by atoms with van der Waals surface area (Å²) < 4.78 is 2.42. The zero-order valence-corrected chi connectivity index (χ0v) is 31.9. The molecule has 6 aromatic carbocycles. The van der Waals surface area contributed by atoms with E-state index in [0.29, 0.717) is 0 Å². The van der Waals surface area contributed by atoms with Crippen LogP contribution in [0.15, 0.2) is 133 Å². The van der Waals surface area contributed by atoms with Crippen LogP contribution in [-0.4, -0.2) is 4.57 Å². The predicted molar refractivity (Wildman–Crippen MR) is 221 cm³/mol. The van der Waals surface area contributed by atoms with E-state index in [1.54, 1.807) is 0 Å². The van der Waals surface area contributed by atoms with Crippen LogP contribution in [0.3, 0.4) is 0 Å². The van der Waals surface area contributed by atoms with Crippen molar-refractivity contribution in [2.75, 3.05) is 0 Å². The molecule has 0 aliphatic heterocycles. The Labute approximate surface area is 297 Å². The van der Waals surface area contributed by atoms with Crippen LogP contribution in [0.25, 0.3) is 49.7 Å². The molecule has 254 valence electrons. The van der Waals surface area contributed by atoms with Crippen LogP contribution in [-0.2, 0) is 6.42 Å². The van der Waals surface area contributed by atoms with E-state index in [1.165, 1.54) is 77.6 Å². The lowest BCUT2D eigenvalue weighted by Crippen LogP contribution is -1.98. The average molecular weight is 648 g/mol. The normalized spacial score (nSPS) is 10.3. The molecule has 1 heterocycles. The molecular formula is C48H57N. The second-order valence-corrected chi connectivity index (χ2v) is 11.2. The largest absolute Gasteiger partial charge is 0.309 e. The van der Waals surface area contributed by atoms with Gasteiger partial charge in [-0.15, -0.1) is 0 Å². The van der Waals surface area contributed by atoms with E-state index in [1.807, 2.05) is 55.4 Å². The molecule has 0 radical (unpaired) electrons. The third-order valence-corrected chi connectivity index (χ3v) is 8.36. The Morgan fingerprint density at radius 1 is 0.388 bits per heavy atom. The quantitative estimate of drug-likeness (QED) is 0.176. The van der Waals surface area contributed by atoms with Crippen molar-refractivity contribution in [3.05, 3.63) is 161 Å². The maximum absolute atomic E-state index is 2.42. The second-order valence-electron chi connectivity index (χ2n) is 11.2. The molecule has 1 nitrogen and oxygen atoms in total. The molecule has 1 aliphatic carbocycles. The monoisotopic (exact) mass is 647 g/mol. The molecule has 0 spiro atoms. The van der Waals surface area contributed by atoms with E-state index in [2.05, 4.69) is 159 Å². The number of aryl methyl sites for hydroxylation is 3. The van der Waals surface area contributed by atoms with Crippen LogP contribution in [0, 0.1) is 20.8 Å². The van der Waals surface area contributed by atoms with E-state index < -0.39 is 0 Å². The van der Waals surface area contributed by atoms with E-state index in [4.69, 9.17) is 0 Å². The molecule has 1 heteroatoms. The molecule has 0 amide bonds. The van der Waals surface area contributed by atoms with Crippen LogP contribution in [0.5, 0.6) is 0 Å². The van der Waals surface area contributed by atoms with E-state index in [-0.39, 0.29) is 0 Å². The van der Waals surface area contributed by atoms with Crippen LogP contribution in [0.1, 0.15) is 83.2 Å². The van der Waals surface area contributed by atoms with E-state index in [9.17, 15) is 0 Å². The molecule has 0 unspecified atom stereocenters. The fourth-order valence-corrected chi connectivity index (χ4v) is 6.36. The highest BCUT2D eigenvalue weighted by molar-refractivity contribution is 6.10. The highest BCUT2D eigenvalue weighted by atomic mass is 15.0. The number of fused-ring (bicyclic) bond motifs is 6. The number of hydrogen-bond acceptors (Lipinski definition) is 0. The van der Waals surface area contributed by atoms with Crippen molar-refractivity contribution in [1.29, 1.82) is 0 Å².